The zero-order valence-electron chi connectivity index (χ0n) is 20.9. The monoisotopic (exact) mass is 528 g/mol. The van der Waals surface area contributed by atoms with Gasteiger partial charge in [-0.15, -0.1) is 11.8 Å². The van der Waals surface area contributed by atoms with Crippen LogP contribution in [-0.2, 0) is 52.3 Å². The summed E-state index contributed by atoms with van der Waals surface area (Å²) < 4.78 is 38.6. The molecule has 11 nitrogen and oxygen atoms in total. The Morgan fingerprint density at radius 2 is 1.44 bits per heavy atom. The molecule has 36 heavy (non-hydrogen) atoms. The number of methoxy groups -OCH3 is 1. The SMILES string of the molecule is CO[C@H](CCSc1ccccc1)O[C@@H]1O[C@H](COC(C)=O)[C@@H](OC(C)=O)[C@H](OC(C)=O)[C@H]1OC(C)=O. The fourth-order valence-electron chi connectivity index (χ4n) is 3.48. The highest BCUT2D eigenvalue weighted by Crippen LogP contribution is 2.31. The second kappa shape index (κ2) is 14.8. The minimum Gasteiger partial charge on any atom is -0.463 e. The van der Waals surface area contributed by atoms with Crippen LogP contribution < -0.4 is 0 Å². The maximum Gasteiger partial charge on any atom is 0.303 e. The smallest absolute Gasteiger partial charge is 0.303 e. The van der Waals surface area contributed by atoms with Crippen LogP contribution in [-0.4, -0.2) is 80.3 Å². The Morgan fingerprint density at radius 1 is 0.861 bits per heavy atom. The van der Waals surface area contributed by atoms with Gasteiger partial charge in [-0.05, 0) is 12.1 Å². The first-order chi connectivity index (χ1) is 17.1. The van der Waals surface area contributed by atoms with Crippen molar-refractivity contribution in [3.05, 3.63) is 30.3 Å². The molecular formula is C24H32O11S. The van der Waals surface area contributed by atoms with Gasteiger partial charge in [0, 0.05) is 51.9 Å². The lowest BCUT2D eigenvalue weighted by Gasteiger charge is -2.44. The Balaban J connectivity index is 2.26. The molecule has 200 valence electrons. The number of ether oxygens (including phenoxy) is 7. The molecule has 1 heterocycles. The maximum atomic E-state index is 11.9. The van der Waals surface area contributed by atoms with E-state index in [4.69, 9.17) is 33.2 Å². The molecule has 0 amide bonds. The van der Waals surface area contributed by atoms with E-state index in [0.29, 0.717) is 12.2 Å². The third kappa shape index (κ3) is 9.76. The molecule has 1 aliphatic rings. The van der Waals surface area contributed by atoms with E-state index in [1.807, 2.05) is 30.3 Å². The predicted octanol–water partition coefficient (Wildman–Crippen LogP) is 2.24. The molecule has 1 saturated heterocycles. The molecule has 0 aliphatic carbocycles. The molecule has 0 N–H and O–H groups in total. The van der Waals surface area contributed by atoms with E-state index >= 15 is 0 Å². The van der Waals surface area contributed by atoms with Crippen molar-refractivity contribution in [2.45, 2.75) is 76.0 Å². The third-order valence-electron chi connectivity index (χ3n) is 4.86. The molecule has 0 aromatic heterocycles. The Kier molecular flexibility index (Phi) is 12.1. The fourth-order valence-corrected chi connectivity index (χ4v) is 4.37. The minimum absolute atomic E-state index is 0.334. The Labute approximate surface area is 214 Å². The quantitative estimate of drug-likeness (QED) is 0.170. The molecular weight excluding hydrogens is 496 g/mol. The van der Waals surface area contributed by atoms with Crippen LogP contribution in [0.3, 0.4) is 0 Å². The highest BCUT2D eigenvalue weighted by atomic mass is 32.2. The normalized spacial score (nSPS) is 24.3. The summed E-state index contributed by atoms with van der Waals surface area (Å²) in [6, 6.07) is 9.75. The molecule has 1 aromatic rings. The third-order valence-corrected chi connectivity index (χ3v) is 5.91. The van der Waals surface area contributed by atoms with Crippen molar-refractivity contribution < 1.29 is 52.3 Å². The predicted molar refractivity (Wildman–Crippen MR) is 126 cm³/mol. The standard InChI is InChI=1S/C24H32O11S/c1-14(25)30-13-19-21(31-15(2)26)22(32-16(3)27)23(33-17(4)28)24(34-19)35-20(29-5)11-12-36-18-9-7-6-8-10-18/h6-10,19-24H,11-13H2,1-5H3/t19-,20+,21-,22+,23-,24+/m1/s1. The molecule has 1 fully saturated rings. The second-order valence-electron chi connectivity index (χ2n) is 7.82. The van der Waals surface area contributed by atoms with Crippen LogP contribution in [0.5, 0.6) is 0 Å². The summed E-state index contributed by atoms with van der Waals surface area (Å²) in [6.07, 6.45) is -6.59. The van der Waals surface area contributed by atoms with Crippen LogP contribution in [0.4, 0.5) is 0 Å². The van der Waals surface area contributed by atoms with E-state index in [1.54, 1.807) is 11.8 Å². The number of rotatable bonds is 12. The lowest BCUT2D eigenvalue weighted by Crippen LogP contribution is -2.63. The average Bonchev–Trinajstić information content (AvgIpc) is 2.80. The van der Waals surface area contributed by atoms with E-state index < -0.39 is 60.9 Å². The van der Waals surface area contributed by atoms with Crippen LogP contribution in [0.1, 0.15) is 34.1 Å². The van der Waals surface area contributed by atoms with E-state index in [0.717, 1.165) is 25.7 Å². The summed E-state index contributed by atoms with van der Waals surface area (Å²) in [5.41, 5.74) is 0. The molecule has 0 radical (unpaired) electrons. The van der Waals surface area contributed by atoms with Gasteiger partial charge in [-0.3, -0.25) is 19.2 Å². The van der Waals surface area contributed by atoms with Gasteiger partial charge in [-0.25, -0.2) is 0 Å². The van der Waals surface area contributed by atoms with Crippen molar-refractivity contribution >= 4 is 35.6 Å². The van der Waals surface area contributed by atoms with Crippen molar-refractivity contribution in [3.63, 3.8) is 0 Å². The molecule has 2 rings (SSSR count). The largest absolute Gasteiger partial charge is 0.463 e. The molecule has 0 saturated carbocycles. The Bertz CT molecular complexity index is 878. The van der Waals surface area contributed by atoms with E-state index in [-0.39, 0.29) is 6.61 Å². The van der Waals surface area contributed by atoms with Gasteiger partial charge in [-0.1, -0.05) is 18.2 Å². The fraction of sp³-hybridized carbons (Fsp3) is 0.583. The van der Waals surface area contributed by atoms with Crippen LogP contribution >= 0.6 is 11.8 Å². The van der Waals surface area contributed by atoms with Crippen molar-refractivity contribution in [1.82, 2.24) is 0 Å². The van der Waals surface area contributed by atoms with Crippen LogP contribution in [0, 0.1) is 0 Å². The molecule has 0 bridgehead atoms. The zero-order valence-corrected chi connectivity index (χ0v) is 21.7. The Hall–Kier alpha value is -2.67. The highest BCUT2D eigenvalue weighted by molar-refractivity contribution is 7.99. The summed E-state index contributed by atoms with van der Waals surface area (Å²) in [5.74, 6) is -2.10. The van der Waals surface area contributed by atoms with Gasteiger partial charge in [-0.2, -0.15) is 0 Å². The first kappa shape index (κ1) is 29.6. The molecule has 12 heteroatoms. The number of hydrogen-bond acceptors (Lipinski definition) is 12. The van der Waals surface area contributed by atoms with Gasteiger partial charge >= 0.3 is 23.9 Å². The molecule has 0 unspecified atom stereocenters. The second-order valence-corrected chi connectivity index (χ2v) is 8.99. The summed E-state index contributed by atoms with van der Waals surface area (Å²) >= 11 is 1.60. The van der Waals surface area contributed by atoms with Crippen molar-refractivity contribution in [1.29, 1.82) is 0 Å². The first-order valence-electron chi connectivity index (χ1n) is 11.3. The van der Waals surface area contributed by atoms with Crippen LogP contribution in [0.25, 0.3) is 0 Å². The number of thioether (sulfide) groups is 1. The van der Waals surface area contributed by atoms with Gasteiger partial charge < -0.3 is 33.2 Å². The maximum absolute atomic E-state index is 11.9. The zero-order chi connectivity index (χ0) is 26.7. The molecule has 1 aliphatic heterocycles. The van der Waals surface area contributed by atoms with Gasteiger partial charge in [0.2, 0.25) is 6.29 Å². The number of benzene rings is 1. The lowest BCUT2D eigenvalue weighted by molar-refractivity contribution is -0.337. The summed E-state index contributed by atoms with van der Waals surface area (Å²) in [4.78, 5) is 48.1. The van der Waals surface area contributed by atoms with E-state index in [1.165, 1.54) is 14.0 Å². The van der Waals surface area contributed by atoms with Crippen molar-refractivity contribution in [3.8, 4) is 0 Å². The van der Waals surface area contributed by atoms with Gasteiger partial charge in [0.1, 0.15) is 12.7 Å². The van der Waals surface area contributed by atoms with Crippen molar-refractivity contribution in [2.24, 2.45) is 0 Å². The number of hydrogen-bond donors (Lipinski definition) is 0. The first-order valence-corrected chi connectivity index (χ1v) is 12.3. The van der Waals surface area contributed by atoms with Crippen LogP contribution in [0.2, 0.25) is 0 Å². The van der Waals surface area contributed by atoms with Gasteiger partial charge in [0.05, 0.1) is 0 Å². The van der Waals surface area contributed by atoms with Gasteiger partial charge in [0.15, 0.2) is 24.6 Å². The number of carbonyl (C=O) groups excluding carboxylic acids is 4. The van der Waals surface area contributed by atoms with E-state index in [9.17, 15) is 19.2 Å². The van der Waals surface area contributed by atoms with Crippen LogP contribution in [0.15, 0.2) is 35.2 Å². The molecule has 1 aromatic carbocycles. The van der Waals surface area contributed by atoms with Gasteiger partial charge in [0.25, 0.3) is 0 Å². The number of esters is 4. The molecule has 6 atom stereocenters. The highest BCUT2D eigenvalue weighted by Gasteiger charge is 2.53. The number of carbonyl (C=O) groups is 4. The molecule has 0 spiro atoms. The topological polar surface area (TPSA) is 133 Å². The lowest BCUT2D eigenvalue weighted by atomic mass is 9.98. The summed E-state index contributed by atoms with van der Waals surface area (Å²) in [5, 5.41) is 0. The average molecular weight is 529 g/mol. The Morgan fingerprint density at radius 3 is 2.00 bits per heavy atom. The summed E-state index contributed by atoms with van der Waals surface area (Å²) in [7, 11) is 1.45. The minimum atomic E-state index is -1.30. The summed E-state index contributed by atoms with van der Waals surface area (Å²) in [6.45, 7) is 4.34. The van der Waals surface area contributed by atoms with E-state index in [2.05, 4.69) is 0 Å². The van der Waals surface area contributed by atoms with Crippen molar-refractivity contribution in [2.75, 3.05) is 19.5 Å².